The van der Waals surface area contributed by atoms with Crippen LogP contribution in [-0.2, 0) is 27.2 Å². The SMILES string of the molecule is CCOC(=O)CNC(=O)CSc1nc2sc3c(c2c(=O)n1-c1ccc(OC)cc1)CCCC3. The summed E-state index contributed by atoms with van der Waals surface area (Å²) >= 11 is 2.74. The summed E-state index contributed by atoms with van der Waals surface area (Å²) in [6.45, 7) is 1.77. The number of amides is 1. The van der Waals surface area contributed by atoms with Crippen molar-refractivity contribution in [3.8, 4) is 11.4 Å². The van der Waals surface area contributed by atoms with Crippen LogP contribution >= 0.6 is 23.1 Å². The van der Waals surface area contributed by atoms with E-state index in [1.165, 1.54) is 4.88 Å². The number of carbonyl (C=O) groups excluding carboxylic acids is 2. The molecule has 1 aromatic carbocycles. The zero-order chi connectivity index (χ0) is 23.4. The van der Waals surface area contributed by atoms with Gasteiger partial charge in [0.05, 0.1) is 30.5 Å². The number of thioether (sulfide) groups is 1. The second kappa shape index (κ2) is 10.4. The molecule has 8 nitrogen and oxygen atoms in total. The van der Waals surface area contributed by atoms with Crippen LogP contribution in [0.4, 0.5) is 0 Å². The van der Waals surface area contributed by atoms with Crippen LogP contribution in [-0.4, -0.2) is 47.4 Å². The molecule has 33 heavy (non-hydrogen) atoms. The van der Waals surface area contributed by atoms with E-state index in [1.807, 2.05) is 0 Å². The van der Waals surface area contributed by atoms with E-state index in [4.69, 9.17) is 14.5 Å². The number of hydrogen-bond acceptors (Lipinski definition) is 8. The molecular weight excluding hydrogens is 462 g/mol. The highest BCUT2D eigenvalue weighted by Gasteiger charge is 2.23. The summed E-state index contributed by atoms with van der Waals surface area (Å²) in [7, 11) is 1.59. The molecule has 1 aliphatic rings. The fourth-order valence-corrected chi connectivity index (χ4v) is 5.95. The number of methoxy groups -OCH3 is 1. The van der Waals surface area contributed by atoms with Crippen LogP contribution in [0.15, 0.2) is 34.2 Å². The molecule has 0 bridgehead atoms. The smallest absolute Gasteiger partial charge is 0.325 e. The molecule has 2 heterocycles. The van der Waals surface area contributed by atoms with Gasteiger partial charge in [0.2, 0.25) is 5.91 Å². The molecule has 1 aliphatic carbocycles. The van der Waals surface area contributed by atoms with Crippen molar-refractivity contribution < 1.29 is 19.1 Å². The van der Waals surface area contributed by atoms with Crippen LogP contribution in [0.2, 0.25) is 0 Å². The Bertz CT molecular complexity index is 1230. The van der Waals surface area contributed by atoms with Gasteiger partial charge in [-0.3, -0.25) is 19.0 Å². The zero-order valence-electron chi connectivity index (χ0n) is 18.5. The van der Waals surface area contributed by atoms with E-state index in [0.717, 1.165) is 43.0 Å². The minimum Gasteiger partial charge on any atom is -0.497 e. The number of nitrogens with one attached hydrogen (secondary N) is 1. The Kier molecular flexibility index (Phi) is 7.34. The third kappa shape index (κ3) is 5.06. The minimum atomic E-state index is -0.491. The Morgan fingerprint density at radius 1 is 1.21 bits per heavy atom. The van der Waals surface area contributed by atoms with Crippen molar-refractivity contribution in [2.45, 2.75) is 37.8 Å². The van der Waals surface area contributed by atoms with Crippen molar-refractivity contribution >= 4 is 45.2 Å². The maximum absolute atomic E-state index is 13.7. The monoisotopic (exact) mass is 487 g/mol. The molecule has 174 valence electrons. The molecule has 0 aliphatic heterocycles. The van der Waals surface area contributed by atoms with Gasteiger partial charge in [0, 0.05) is 4.88 Å². The van der Waals surface area contributed by atoms with Crippen LogP contribution in [0.3, 0.4) is 0 Å². The van der Waals surface area contributed by atoms with Gasteiger partial charge in [-0.25, -0.2) is 4.98 Å². The van der Waals surface area contributed by atoms with Crippen LogP contribution in [0, 0.1) is 0 Å². The van der Waals surface area contributed by atoms with Crippen LogP contribution in [0.25, 0.3) is 15.9 Å². The van der Waals surface area contributed by atoms with Gasteiger partial charge in [0.25, 0.3) is 5.56 Å². The third-order valence-corrected chi connectivity index (χ3v) is 7.48. The Balaban J connectivity index is 1.68. The first-order valence-corrected chi connectivity index (χ1v) is 12.6. The fourth-order valence-electron chi connectivity index (χ4n) is 3.81. The number of aromatic nitrogens is 2. The zero-order valence-corrected chi connectivity index (χ0v) is 20.1. The molecule has 0 atom stereocenters. The van der Waals surface area contributed by atoms with Gasteiger partial charge in [0.15, 0.2) is 5.16 Å². The van der Waals surface area contributed by atoms with E-state index < -0.39 is 5.97 Å². The highest BCUT2D eigenvalue weighted by molar-refractivity contribution is 7.99. The lowest BCUT2D eigenvalue weighted by atomic mass is 9.97. The Morgan fingerprint density at radius 3 is 2.70 bits per heavy atom. The number of benzene rings is 1. The van der Waals surface area contributed by atoms with Gasteiger partial charge in [-0.05, 0) is 62.4 Å². The molecule has 0 spiro atoms. The number of nitrogens with zero attached hydrogens (tertiary/aromatic N) is 2. The first-order chi connectivity index (χ1) is 16.0. The van der Waals surface area contributed by atoms with Gasteiger partial charge in [-0.15, -0.1) is 11.3 Å². The molecule has 1 amide bonds. The number of hydrogen-bond donors (Lipinski definition) is 1. The normalized spacial score (nSPS) is 12.9. The van der Waals surface area contributed by atoms with Crippen molar-refractivity contribution in [3.63, 3.8) is 0 Å². The Hall–Kier alpha value is -2.85. The largest absolute Gasteiger partial charge is 0.497 e. The maximum Gasteiger partial charge on any atom is 0.325 e. The first kappa shape index (κ1) is 23.3. The second-order valence-electron chi connectivity index (χ2n) is 7.49. The van der Waals surface area contributed by atoms with Gasteiger partial charge >= 0.3 is 5.97 Å². The summed E-state index contributed by atoms with van der Waals surface area (Å²) in [5, 5.41) is 3.65. The number of carbonyl (C=O) groups is 2. The lowest BCUT2D eigenvalue weighted by Crippen LogP contribution is -2.32. The highest BCUT2D eigenvalue weighted by atomic mass is 32.2. The molecule has 10 heteroatoms. The summed E-state index contributed by atoms with van der Waals surface area (Å²) in [5.74, 6) is -0.136. The molecule has 2 aromatic heterocycles. The van der Waals surface area contributed by atoms with Crippen molar-refractivity contribution in [3.05, 3.63) is 45.1 Å². The summed E-state index contributed by atoms with van der Waals surface area (Å²) in [6.07, 6.45) is 4.04. The number of rotatable bonds is 8. The number of ether oxygens (including phenoxy) is 2. The fraction of sp³-hybridized carbons (Fsp3) is 0.391. The van der Waals surface area contributed by atoms with Gasteiger partial charge in [-0.2, -0.15) is 0 Å². The third-order valence-electron chi connectivity index (χ3n) is 5.36. The summed E-state index contributed by atoms with van der Waals surface area (Å²) in [5.41, 5.74) is 1.64. The second-order valence-corrected chi connectivity index (χ2v) is 9.52. The van der Waals surface area contributed by atoms with Crippen molar-refractivity contribution in [2.75, 3.05) is 26.0 Å². The number of thiophene rings is 1. The summed E-state index contributed by atoms with van der Waals surface area (Å²) < 4.78 is 11.6. The molecule has 0 unspecified atom stereocenters. The first-order valence-electron chi connectivity index (χ1n) is 10.8. The lowest BCUT2D eigenvalue weighted by molar-refractivity contribution is -0.143. The average Bonchev–Trinajstić information content (AvgIpc) is 3.20. The molecule has 0 saturated carbocycles. The number of fused-ring (bicyclic) bond motifs is 3. The molecule has 0 radical (unpaired) electrons. The highest BCUT2D eigenvalue weighted by Crippen LogP contribution is 2.35. The summed E-state index contributed by atoms with van der Waals surface area (Å²) in [6, 6.07) is 7.18. The van der Waals surface area contributed by atoms with E-state index in [1.54, 1.807) is 54.2 Å². The molecular formula is C23H25N3O5S2. The average molecular weight is 488 g/mol. The minimum absolute atomic E-state index is 0.0125. The molecule has 0 saturated heterocycles. The predicted octanol–water partition coefficient (Wildman–Crippen LogP) is 3.11. The van der Waals surface area contributed by atoms with Crippen molar-refractivity contribution in [1.82, 2.24) is 14.9 Å². The molecule has 1 N–H and O–H groups in total. The number of aryl methyl sites for hydroxylation is 2. The number of esters is 1. The van der Waals surface area contributed by atoms with E-state index in [-0.39, 0.29) is 30.4 Å². The maximum atomic E-state index is 13.7. The van der Waals surface area contributed by atoms with Gasteiger partial charge in [-0.1, -0.05) is 11.8 Å². The summed E-state index contributed by atoms with van der Waals surface area (Å²) in [4.78, 5) is 44.2. The van der Waals surface area contributed by atoms with Crippen LogP contribution in [0.1, 0.15) is 30.2 Å². The Labute approximate surface area is 199 Å². The topological polar surface area (TPSA) is 99.5 Å². The predicted molar refractivity (Wildman–Crippen MR) is 129 cm³/mol. The standard InChI is InChI=1S/C23H25N3O5S2/c1-3-31-19(28)12-24-18(27)13-32-23-25-21-20(16-6-4-5-7-17(16)33-21)22(29)26(23)14-8-10-15(30-2)11-9-14/h8-11H,3-7,12-13H2,1-2H3,(H,24,27). The molecule has 3 aromatic rings. The van der Waals surface area contributed by atoms with E-state index >= 15 is 0 Å². The quantitative estimate of drug-likeness (QED) is 0.296. The van der Waals surface area contributed by atoms with E-state index in [9.17, 15) is 14.4 Å². The van der Waals surface area contributed by atoms with E-state index in [0.29, 0.717) is 26.8 Å². The van der Waals surface area contributed by atoms with Crippen molar-refractivity contribution in [1.29, 1.82) is 0 Å². The van der Waals surface area contributed by atoms with Gasteiger partial charge in [0.1, 0.15) is 17.1 Å². The van der Waals surface area contributed by atoms with Crippen molar-refractivity contribution in [2.24, 2.45) is 0 Å². The lowest BCUT2D eigenvalue weighted by Gasteiger charge is -2.14. The Morgan fingerprint density at radius 2 is 1.97 bits per heavy atom. The molecule has 4 rings (SSSR count). The van der Waals surface area contributed by atoms with Gasteiger partial charge < -0.3 is 14.8 Å². The van der Waals surface area contributed by atoms with Crippen LogP contribution < -0.4 is 15.6 Å². The molecule has 0 fully saturated rings. The van der Waals surface area contributed by atoms with E-state index in [2.05, 4.69) is 5.32 Å². The van der Waals surface area contributed by atoms with Crippen LogP contribution in [0.5, 0.6) is 5.75 Å².